The zero-order valence-electron chi connectivity index (χ0n) is 17.8. The molecule has 0 spiro atoms. The lowest BCUT2D eigenvalue weighted by Crippen LogP contribution is -2.34. The maximum Gasteiger partial charge on any atom is 0.267 e. The first-order valence-corrected chi connectivity index (χ1v) is 11.0. The van der Waals surface area contributed by atoms with Crippen LogP contribution in [-0.4, -0.2) is 30.1 Å². The SMILES string of the molecule is Cc1nnc(NC(=O)c2cc3c(=O)n4ccccc4nc3n(C(C)c3ccccc3)c2=N)s1. The van der Waals surface area contributed by atoms with Gasteiger partial charge in [-0.1, -0.05) is 47.7 Å². The molecule has 0 aliphatic rings. The van der Waals surface area contributed by atoms with Crippen LogP contribution in [0.4, 0.5) is 5.13 Å². The Kier molecular flexibility index (Phi) is 5.06. The van der Waals surface area contributed by atoms with E-state index in [1.807, 2.05) is 37.3 Å². The number of aryl methyl sites for hydroxylation is 1. The maximum absolute atomic E-state index is 13.3. The van der Waals surface area contributed by atoms with E-state index in [4.69, 9.17) is 5.41 Å². The van der Waals surface area contributed by atoms with Crippen LogP contribution >= 0.6 is 11.3 Å². The van der Waals surface area contributed by atoms with E-state index in [9.17, 15) is 9.59 Å². The van der Waals surface area contributed by atoms with Gasteiger partial charge in [0.15, 0.2) is 0 Å². The molecule has 1 unspecified atom stereocenters. The Hall–Kier alpha value is -4.18. The van der Waals surface area contributed by atoms with E-state index in [1.165, 1.54) is 21.8 Å². The highest BCUT2D eigenvalue weighted by Crippen LogP contribution is 2.21. The Labute approximate surface area is 191 Å². The van der Waals surface area contributed by atoms with Crippen molar-refractivity contribution < 1.29 is 4.79 Å². The molecule has 9 nitrogen and oxygen atoms in total. The van der Waals surface area contributed by atoms with Crippen molar-refractivity contribution in [1.82, 2.24) is 24.1 Å². The normalized spacial score (nSPS) is 12.2. The number of aromatic nitrogens is 5. The highest BCUT2D eigenvalue weighted by Gasteiger charge is 2.21. The van der Waals surface area contributed by atoms with E-state index in [0.717, 1.165) is 5.56 Å². The fourth-order valence-electron chi connectivity index (χ4n) is 3.79. The van der Waals surface area contributed by atoms with Gasteiger partial charge in [0.2, 0.25) is 5.13 Å². The van der Waals surface area contributed by atoms with Crippen LogP contribution in [0.2, 0.25) is 0 Å². The summed E-state index contributed by atoms with van der Waals surface area (Å²) in [7, 11) is 0. The topological polar surface area (TPSA) is 118 Å². The number of carbonyl (C=O) groups excluding carboxylic acids is 1. The minimum atomic E-state index is -0.537. The van der Waals surface area contributed by atoms with Gasteiger partial charge in [0, 0.05) is 6.20 Å². The van der Waals surface area contributed by atoms with Crippen molar-refractivity contribution in [3.05, 3.63) is 92.8 Å². The van der Waals surface area contributed by atoms with E-state index in [2.05, 4.69) is 20.5 Å². The molecule has 10 heteroatoms. The third-order valence-corrected chi connectivity index (χ3v) is 6.18. The quantitative estimate of drug-likeness (QED) is 0.402. The van der Waals surface area contributed by atoms with Crippen molar-refractivity contribution in [3.8, 4) is 0 Å². The number of amides is 1. The molecule has 164 valence electrons. The summed E-state index contributed by atoms with van der Waals surface area (Å²) in [6.07, 6.45) is 1.63. The number of pyridine rings is 2. The third kappa shape index (κ3) is 3.60. The largest absolute Gasteiger partial charge is 0.303 e. The Morgan fingerprint density at radius 2 is 1.88 bits per heavy atom. The summed E-state index contributed by atoms with van der Waals surface area (Å²) in [4.78, 5) is 31.2. The van der Waals surface area contributed by atoms with E-state index in [0.29, 0.717) is 21.4 Å². The molecule has 5 aromatic rings. The van der Waals surface area contributed by atoms with E-state index in [-0.39, 0.29) is 28.0 Å². The number of fused-ring (bicyclic) bond motifs is 2. The lowest BCUT2D eigenvalue weighted by molar-refractivity contribution is 0.102. The van der Waals surface area contributed by atoms with Crippen molar-refractivity contribution in [2.45, 2.75) is 19.9 Å². The van der Waals surface area contributed by atoms with Crippen LogP contribution in [0.3, 0.4) is 0 Å². The molecule has 0 saturated heterocycles. The number of anilines is 1. The Morgan fingerprint density at radius 1 is 1.12 bits per heavy atom. The van der Waals surface area contributed by atoms with Crippen LogP contribution in [0.15, 0.2) is 65.6 Å². The standard InChI is InChI=1S/C23H19N7O2S/c1-13(15-8-4-3-5-9-15)30-19(24)16(21(31)26-23-28-27-14(2)33-23)12-17-20(30)25-18-10-6-7-11-29(18)22(17)32/h3-13,24H,1-2H3,(H,26,28,31). The molecular weight excluding hydrogens is 438 g/mol. The van der Waals surface area contributed by atoms with Crippen LogP contribution in [0.1, 0.15) is 33.9 Å². The maximum atomic E-state index is 13.3. The summed E-state index contributed by atoms with van der Waals surface area (Å²) in [5, 5.41) is 20.7. The molecule has 2 N–H and O–H groups in total. The number of nitrogens with one attached hydrogen (secondary N) is 2. The number of hydrogen-bond acceptors (Lipinski definition) is 7. The predicted molar refractivity (Wildman–Crippen MR) is 126 cm³/mol. The van der Waals surface area contributed by atoms with Crippen LogP contribution in [0.25, 0.3) is 16.7 Å². The van der Waals surface area contributed by atoms with Gasteiger partial charge >= 0.3 is 0 Å². The van der Waals surface area contributed by atoms with E-state index >= 15 is 0 Å². The molecule has 33 heavy (non-hydrogen) atoms. The number of nitrogens with zero attached hydrogens (tertiary/aromatic N) is 5. The minimum Gasteiger partial charge on any atom is -0.303 e. The number of benzene rings is 1. The smallest absolute Gasteiger partial charge is 0.267 e. The molecule has 1 aromatic carbocycles. The van der Waals surface area contributed by atoms with Crippen molar-refractivity contribution in [2.24, 2.45) is 0 Å². The van der Waals surface area contributed by atoms with Crippen molar-refractivity contribution in [1.29, 1.82) is 5.41 Å². The molecule has 0 bridgehead atoms. The molecular formula is C23H19N7O2S. The lowest BCUT2D eigenvalue weighted by atomic mass is 10.1. The Balaban J connectivity index is 1.79. The van der Waals surface area contributed by atoms with E-state index in [1.54, 1.807) is 35.9 Å². The minimum absolute atomic E-state index is 0.0490. The van der Waals surface area contributed by atoms with Gasteiger partial charge in [-0.05, 0) is 37.6 Å². The second kappa shape index (κ2) is 8.06. The zero-order chi connectivity index (χ0) is 23.1. The highest BCUT2D eigenvalue weighted by molar-refractivity contribution is 7.15. The average Bonchev–Trinajstić information content (AvgIpc) is 3.23. The lowest BCUT2D eigenvalue weighted by Gasteiger charge is -2.20. The third-order valence-electron chi connectivity index (χ3n) is 5.42. The number of carbonyl (C=O) groups is 1. The number of hydrogen-bond donors (Lipinski definition) is 2. The van der Waals surface area contributed by atoms with Gasteiger partial charge < -0.3 is 4.57 Å². The van der Waals surface area contributed by atoms with Crippen molar-refractivity contribution in [2.75, 3.05) is 5.32 Å². The molecule has 0 radical (unpaired) electrons. The molecule has 0 fully saturated rings. The van der Waals surface area contributed by atoms with Crippen LogP contribution in [0.5, 0.6) is 0 Å². The first-order valence-electron chi connectivity index (χ1n) is 10.2. The van der Waals surface area contributed by atoms with Gasteiger partial charge in [-0.15, -0.1) is 10.2 Å². The first-order chi connectivity index (χ1) is 15.9. The summed E-state index contributed by atoms with van der Waals surface area (Å²) in [6.45, 7) is 3.70. The fourth-order valence-corrected chi connectivity index (χ4v) is 4.38. The van der Waals surface area contributed by atoms with Crippen LogP contribution in [0, 0.1) is 12.3 Å². The predicted octanol–water partition coefficient (Wildman–Crippen LogP) is 3.15. The number of rotatable bonds is 4. The van der Waals surface area contributed by atoms with Gasteiger partial charge in [-0.25, -0.2) is 4.98 Å². The second-order valence-electron chi connectivity index (χ2n) is 7.53. The summed E-state index contributed by atoms with van der Waals surface area (Å²) in [5.74, 6) is -0.537. The Bertz CT molecular complexity index is 1640. The Morgan fingerprint density at radius 3 is 2.61 bits per heavy atom. The summed E-state index contributed by atoms with van der Waals surface area (Å²) in [5.41, 5.74) is 1.41. The average molecular weight is 458 g/mol. The van der Waals surface area contributed by atoms with Gasteiger partial charge in [0.1, 0.15) is 21.8 Å². The van der Waals surface area contributed by atoms with Crippen molar-refractivity contribution >= 4 is 39.1 Å². The molecule has 1 atom stereocenters. The van der Waals surface area contributed by atoms with Gasteiger partial charge in [-0.3, -0.25) is 24.7 Å². The summed E-state index contributed by atoms with van der Waals surface area (Å²) in [6, 6.07) is 16.0. The molecule has 0 saturated carbocycles. The molecule has 1 amide bonds. The van der Waals surface area contributed by atoms with Crippen LogP contribution < -0.4 is 16.4 Å². The molecule has 5 rings (SSSR count). The van der Waals surface area contributed by atoms with E-state index < -0.39 is 5.91 Å². The molecule has 0 aliphatic carbocycles. The zero-order valence-corrected chi connectivity index (χ0v) is 18.6. The van der Waals surface area contributed by atoms with Gasteiger partial charge in [-0.2, -0.15) is 0 Å². The molecule has 0 aliphatic heterocycles. The monoisotopic (exact) mass is 457 g/mol. The molecule has 4 aromatic heterocycles. The van der Waals surface area contributed by atoms with Gasteiger partial charge in [0.05, 0.1) is 17.0 Å². The van der Waals surface area contributed by atoms with Crippen molar-refractivity contribution in [3.63, 3.8) is 0 Å². The highest BCUT2D eigenvalue weighted by atomic mass is 32.1. The summed E-state index contributed by atoms with van der Waals surface area (Å²) >= 11 is 1.23. The second-order valence-corrected chi connectivity index (χ2v) is 8.71. The van der Waals surface area contributed by atoms with Crippen LogP contribution in [-0.2, 0) is 0 Å². The first kappa shape index (κ1) is 20.7. The molecule has 4 heterocycles. The van der Waals surface area contributed by atoms with Gasteiger partial charge in [0.25, 0.3) is 11.5 Å². The fraction of sp³-hybridized carbons (Fsp3) is 0.130. The summed E-state index contributed by atoms with van der Waals surface area (Å²) < 4.78 is 3.05.